The maximum atomic E-state index is 10.2. The second-order valence-corrected chi connectivity index (χ2v) is 5.76. The number of nitrogens with one attached hydrogen (secondary N) is 1. The van der Waals surface area contributed by atoms with E-state index in [1.54, 1.807) is 0 Å². The zero-order valence-electron chi connectivity index (χ0n) is 12.9. The molecule has 0 aromatic heterocycles. The van der Waals surface area contributed by atoms with Crippen molar-refractivity contribution in [2.45, 2.75) is 38.8 Å². The second kappa shape index (κ2) is 7.96. The average molecular weight is 283 g/mol. The van der Waals surface area contributed by atoms with Crippen LogP contribution < -0.4 is 5.32 Å². The van der Waals surface area contributed by atoms with Crippen molar-refractivity contribution in [2.75, 3.05) is 6.54 Å². The van der Waals surface area contributed by atoms with Crippen molar-refractivity contribution in [3.05, 3.63) is 71.3 Å². The molecule has 21 heavy (non-hydrogen) atoms. The number of benzene rings is 2. The van der Waals surface area contributed by atoms with Crippen LogP contribution in [0.2, 0.25) is 0 Å². The summed E-state index contributed by atoms with van der Waals surface area (Å²) < 4.78 is 0. The molecule has 0 bridgehead atoms. The molecule has 0 aliphatic heterocycles. The molecular formula is C19H25NO. The van der Waals surface area contributed by atoms with Crippen molar-refractivity contribution < 1.29 is 5.11 Å². The zero-order valence-corrected chi connectivity index (χ0v) is 12.9. The molecule has 2 nitrogen and oxygen atoms in total. The molecule has 0 unspecified atom stereocenters. The highest BCUT2D eigenvalue weighted by molar-refractivity contribution is 5.23. The van der Waals surface area contributed by atoms with Crippen molar-refractivity contribution >= 4 is 0 Å². The highest BCUT2D eigenvalue weighted by atomic mass is 16.3. The number of rotatable bonds is 7. The van der Waals surface area contributed by atoms with Gasteiger partial charge in [0.2, 0.25) is 0 Å². The molecule has 0 saturated heterocycles. The van der Waals surface area contributed by atoms with Gasteiger partial charge in [0, 0.05) is 12.6 Å². The third-order valence-electron chi connectivity index (χ3n) is 3.83. The first kappa shape index (κ1) is 15.7. The summed E-state index contributed by atoms with van der Waals surface area (Å²) in [5.41, 5.74) is 3.56. The molecule has 2 N–H and O–H groups in total. The minimum atomic E-state index is -0.440. The average Bonchev–Trinajstić information content (AvgIpc) is 2.52. The van der Waals surface area contributed by atoms with Gasteiger partial charge in [0.25, 0.3) is 0 Å². The molecule has 0 amide bonds. The number of aryl methyl sites for hydroxylation is 2. The van der Waals surface area contributed by atoms with Crippen molar-refractivity contribution in [1.82, 2.24) is 5.32 Å². The monoisotopic (exact) mass is 283 g/mol. The SMILES string of the molecule is Cc1ccc([C@H](O)CN[C@@H](C)CCc2ccccc2)cc1. The topological polar surface area (TPSA) is 32.3 Å². The molecule has 2 heteroatoms. The minimum Gasteiger partial charge on any atom is -0.387 e. The molecule has 0 spiro atoms. The largest absolute Gasteiger partial charge is 0.387 e. The highest BCUT2D eigenvalue weighted by Crippen LogP contribution is 2.13. The Morgan fingerprint density at radius 2 is 1.67 bits per heavy atom. The first-order valence-electron chi connectivity index (χ1n) is 7.67. The van der Waals surface area contributed by atoms with E-state index in [0.29, 0.717) is 12.6 Å². The molecule has 0 aliphatic carbocycles. The minimum absolute atomic E-state index is 0.394. The smallest absolute Gasteiger partial charge is 0.0914 e. The summed E-state index contributed by atoms with van der Waals surface area (Å²) in [6.07, 6.45) is 1.70. The maximum Gasteiger partial charge on any atom is 0.0914 e. The van der Waals surface area contributed by atoms with Gasteiger partial charge in [-0.25, -0.2) is 0 Å². The van der Waals surface area contributed by atoms with Crippen LogP contribution in [0.5, 0.6) is 0 Å². The van der Waals surface area contributed by atoms with Crippen LogP contribution >= 0.6 is 0 Å². The summed E-state index contributed by atoms with van der Waals surface area (Å²) in [5, 5.41) is 13.6. The Balaban J connectivity index is 1.73. The molecule has 0 heterocycles. The Morgan fingerprint density at radius 1 is 1.00 bits per heavy atom. The van der Waals surface area contributed by atoms with Crippen molar-refractivity contribution in [2.24, 2.45) is 0 Å². The lowest BCUT2D eigenvalue weighted by Gasteiger charge is -2.17. The van der Waals surface area contributed by atoms with E-state index in [2.05, 4.69) is 43.4 Å². The van der Waals surface area contributed by atoms with E-state index in [1.807, 2.05) is 30.3 Å². The third kappa shape index (κ3) is 5.33. The van der Waals surface area contributed by atoms with Crippen molar-refractivity contribution in [3.63, 3.8) is 0 Å². The lowest BCUT2D eigenvalue weighted by molar-refractivity contribution is 0.170. The van der Waals surface area contributed by atoms with Crippen LogP contribution in [0.4, 0.5) is 0 Å². The van der Waals surface area contributed by atoms with Gasteiger partial charge in [-0.2, -0.15) is 0 Å². The molecule has 0 saturated carbocycles. The van der Waals surface area contributed by atoms with Crippen molar-refractivity contribution in [3.8, 4) is 0 Å². The van der Waals surface area contributed by atoms with Crippen LogP contribution in [0.3, 0.4) is 0 Å². The number of aliphatic hydroxyl groups excluding tert-OH is 1. The molecule has 0 fully saturated rings. The van der Waals surface area contributed by atoms with Gasteiger partial charge >= 0.3 is 0 Å². The Morgan fingerprint density at radius 3 is 2.33 bits per heavy atom. The molecular weight excluding hydrogens is 258 g/mol. The molecule has 2 aromatic carbocycles. The van der Waals surface area contributed by atoms with E-state index in [1.165, 1.54) is 11.1 Å². The van der Waals surface area contributed by atoms with Gasteiger partial charge in [-0.05, 0) is 37.8 Å². The lowest BCUT2D eigenvalue weighted by atomic mass is 10.0. The first-order valence-corrected chi connectivity index (χ1v) is 7.67. The number of hydrogen-bond acceptors (Lipinski definition) is 2. The molecule has 112 valence electrons. The van der Waals surface area contributed by atoms with E-state index in [-0.39, 0.29) is 0 Å². The molecule has 0 aliphatic rings. The van der Waals surface area contributed by atoms with Crippen LogP contribution in [0.15, 0.2) is 54.6 Å². The zero-order chi connectivity index (χ0) is 15.1. The van der Waals surface area contributed by atoms with Crippen LogP contribution in [0, 0.1) is 6.92 Å². The predicted molar refractivity (Wildman–Crippen MR) is 88.4 cm³/mol. The van der Waals surface area contributed by atoms with Crippen LogP contribution in [-0.4, -0.2) is 17.7 Å². The Bertz CT molecular complexity index is 521. The fraction of sp³-hybridized carbons (Fsp3) is 0.368. The van der Waals surface area contributed by atoms with Crippen LogP contribution in [0.1, 0.15) is 36.1 Å². The third-order valence-corrected chi connectivity index (χ3v) is 3.83. The molecule has 2 aromatic rings. The summed E-state index contributed by atoms with van der Waals surface area (Å²) in [6.45, 7) is 4.82. The van der Waals surface area contributed by atoms with E-state index in [0.717, 1.165) is 18.4 Å². The van der Waals surface area contributed by atoms with Gasteiger partial charge in [-0.1, -0.05) is 60.2 Å². The van der Waals surface area contributed by atoms with Gasteiger partial charge in [-0.3, -0.25) is 0 Å². The number of hydrogen-bond donors (Lipinski definition) is 2. The quantitative estimate of drug-likeness (QED) is 0.813. The Labute approximate surface area is 127 Å². The summed E-state index contributed by atoms with van der Waals surface area (Å²) in [6, 6.07) is 19.0. The van der Waals surface area contributed by atoms with Gasteiger partial charge in [-0.15, -0.1) is 0 Å². The fourth-order valence-corrected chi connectivity index (χ4v) is 2.35. The van der Waals surface area contributed by atoms with Gasteiger partial charge in [0.1, 0.15) is 0 Å². The van der Waals surface area contributed by atoms with Gasteiger partial charge in [0.15, 0.2) is 0 Å². The van der Waals surface area contributed by atoms with E-state index in [4.69, 9.17) is 0 Å². The fourth-order valence-electron chi connectivity index (χ4n) is 2.35. The Hall–Kier alpha value is -1.64. The summed E-state index contributed by atoms with van der Waals surface area (Å²) >= 11 is 0. The maximum absolute atomic E-state index is 10.2. The van der Waals surface area contributed by atoms with Gasteiger partial charge < -0.3 is 10.4 Å². The second-order valence-electron chi connectivity index (χ2n) is 5.76. The van der Waals surface area contributed by atoms with E-state index < -0.39 is 6.10 Å². The van der Waals surface area contributed by atoms with Crippen LogP contribution in [-0.2, 0) is 6.42 Å². The van der Waals surface area contributed by atoms with Crippen molar-refractivity contribution in [1.29, 1.82) is 0 Å². The lowest BCUT2D eigenvalue weighted by Crippen LogP contribution is -2.30. The molecule has 0 radical (unpaired) electrons. The number of aliphatic hydroxyl groups is 1. The van der Waals surface area contributed by atoms with Gasteiger partial charge in [0.05, 0.1) is 6.10 Å². The van der Waals surface area contributed by atoms with Crippen LogP contribution in [0.25, 0.3) is 0 Å². The molecule has 2 rings (SSSR count). The summed E-state index contributed by atoms with van der Waals surface area (Å²) in [5.74, 6) is 0. The Kier molecular flexibility index (Phi) is 5.97. The normalized spacial score (nSPS) is 13.9. The van der Waals surface area contributed by atoms with E-state index >= 15 is 0 Å². The highest BCUT2D eigenvalue weighted by Gasteiger charge is 2.09. The predicted octanol–water partition coefficient (Wildman–Crippen LogP) is 3.64. The van der Waals surface area contributed by atoms with E-state index in [9.17, 15) is 5.11 Å². The summed E-state index contributed by atoms with van der Waals surface area (Å²) in [7, 11) is 0. The molecule has 2 atom stereocenters. The standard InChI is InChI=1S/C19H25NO/c1-15-8-12-18(13-9-15)19(21)14-20-16(2)10-11-17-6-4-3-5-7-17/h3-9,12-13,16,19-21H,10-11,14H2,1-2H3/t16-,19+/m0/s1. The summed E-state index contributed by atoms with van der Waals surface area (Å²) in [4.78, 5) is 0. The first-order chi connectivity index (χ1) is 10.1.